The Labute approximate surface area is 175 Å². The van der Waals surface area contributed by atoms with E-state index in [1.165, 1.54) is 36.5 Å². The Morgan fingerprint density at radius 3 is 2.67 bits per heavy atom. The van der Waals surface area contributed by atoms with Crippen molar-refractivity contribution in [3.8, 4) is 11.3 Å². The van der Waals surface area contributed by atoms with Gasteiger partial charge in [0.2, 0.25) is 0 Å². The van der Waals surface area contributed by atoms with Gasteiger partial charge in [-0.05, 0) is 61.7 Å². The molecule has 3 aromatic rings. The number of rotatable bonds is 8. The van der Waals surface area contributed by atoms with Crippen LogP contribution in [0.2, 0.25) is 0 Å². The smallest absolute Gasteiger partial charge is 0.268 e. The minimum atomic E-state index is -3.99. The lowest BCUT2D eigenvalue weighted by atomic mass is 10.1. The number of anilines is 1. The van der Waals surface area contributed by atoms with Crippen molar-refractivity contribution in [3.63, 3.8) is 0 Å². The summed E-state index contributed by atoms with van der Waals surface area (Å²) in [4.78, 5) is 0.0466. The quantitative estimate of drug-likeness (QED) is 0.480. The molecule has 1 unspecified atom stereocenters. The van der Waals surface area contributed by atoms with Crippen LogP contribution in [0.1, 0.15) is 18.4 Å². The molecule has 1 aliphatic rings. The van der Waals surface area contributed by atoms with Crippen LogP contribution in [0.25, 0.3) is 11.3 Å². The summed E-state index contributed by atoms with van der Waals surface area (Å²) in [6, 6.07) is 14.2. The van der Waals surface area contributed by atoms with Gasteiger partial charge in [-0.1, -0.05) is 18.2 Å². The summed E-state index contributed by atoms with van der Waals surface area (Å²) in [5, 5.41) is 16.1. The first kappa shape index (κ1) is 20.6. The SMILES string of the molecule is [CH2]c1cc(-c2ccccc2F)n(S(=O)(=O)c2cccc(NCC(O)NC3CC3)c2)c1. The largest absolute Gasteiger partial charge is 0.381 e. The van der Waals surface area contributed by atoms with E-state index in [1.807, 2.05) is 0 Å². The maximum absolute atomic E-state index is 14.3. The van der Waals surface area contributed by atoms with Crippen LogP contribution in [0.15, 0.2) is 65.7 Å². The molecule has 1 radical (unpaired) electrons. The fourth-order valence-corrected chi connectivity index (χ4v) is 4.67. The lowest BCUT2D eigenvalue weighted by molar-refractivity contribution is 0.148. The molecular formula is C22H23FN3O3S. The van der Waals surface area contributed by atoms with Crippen molar-refractivity contribution in [2.24, 2.45) is 0 Å². The third kappa shape index (κ3) is 4.40. The minimum Gasteiger partial charge on any atom is -0.381 e. The van der Waals surface area contributed by atoms with Gasteiger partial charge in [0.05, 0.1) is 17.1 Å². The lowest BCUT2D eigenvalue weighted by Crippen LogP contribution is -2.36. The third-order valence-corrected chi connectivity index (χ3v) is 6.56. The Hall–Kier alpha value is -2.68. The topological polar surface area (TPSA) is 83.4 Å². The maximum Gasteiger partial charge on any atom is 0.268 e. The number of benzene rings is 2. The summed E-state index contributed by atoms with van der Waals surface area (Å²) in [6.07, 6.45) is 2.77. The van der Waals surface area contributed by atoms with Gasteiger partial charge in [0, 0.05) is 23.5 Å². The van der Waals surface area contributed by atoms with E-state index < -0.39 is 22.1 Å². The number of aromatic nitrogens is 1. The van der Waals surface area contributed by atoms with Crippen molar-refractivity contribution >= 4 is 15.7 Å². The number of hydrogen-bond acceptors (Lipinski definition) is 5. The van der Waals surface area contributed by atoms with Gasteiger partial charge in [-0.25, -0.2) is 16.8 Å². The fraction of sp³-hybridized carbons (Fsp3) is 0.227. The van der Waals surface area contributed by atoms with Gasteiger partial charge in [-0.2, -0.15) is 0 Å². The minimum absolute atomic E-state index is 0.0466. The molecule has 3 N–H and O–H groups in total. The second kappa shape index (κ2) is 8.22. The molecule has 0 saturated heterocycles. The predicted octanol–water partition coefficient (Wildman–Crippen LogP) is 3.20. The van der Waals surface area contributed by atoms with Gasteiger partial charge in [-0.15, -0.1) is 0 Å². The monoisotopic (exact) mass is 428 g/mol. The summed E-state index contributed by atoms with van der Waals surface area (Å²) in [5.74, 6) is -0.514. The highest BCUT2D eigenvalue weighted by Crippen LogP contribution is 2.29. The summed E-state index contributed by atoms with van der Waals surface area (Å²) in [6.45, 7) is 4.05. The van der Waals surface area contributed by atoms with Crippen molar-refractivity contribution in [3.05, 3.63) is 79.1 Å². The zero-order chi connectivity index (χ0) is 21.3. The van der Waals surface area contributed by atoms with Gasteiger partial charge < -0.3 is 10.4 Å². The van der Waals surface area contributed by atoms with Crippen molar-refractivity contribution < 1.29 is 17.9 Å². The van der Waals surface area contributed by atoms with Crippen LogP contribution in [0, 0.1) is 12.7 Å². The van der Waals surface area contributed by atoms with Crippen molar-refractivity contribution in [2.75, 3.05) is 11.9 Å². The number of nitrogens with zero attached hydrogens (tertiary/aromatic N) is 1. The summed E-state index contributed by atoms with van der Waals surface area (Å²) in [7, 11) is -3.99. The highest BCUT2D eigenvalue weighted by Gasteiger charge is 2.24. The van der Waals surface area contributed by atoms with Gasteiger partial charge >= 0.3 is 0 Å². The molecular weight excluding hydrogens is 405 g/mol. The first-order valence-corrected chi connectivity index (χ1v) is 11.1. The highest BCUT2D eigenvalue weighted by molar-refractivity contribution is 7.90. The van der Waals surface area contributed by atoms with Crippen LogP contribution in [-0.2, 0) is 10.0 Å². The zero-order valence-corrected chi connectivity index (χ0v) is 17.1. The first-order valence-electron chi connectivity index (χ1n) is 9.67. The van der Waals surface area contributed by atoms with E-state index >= 15 is 0 Å². The molecule has 0 amide bonds. The van der Waals surface area contributed by atoms with Crippen LogP contribution in [0.3, 0.4) is 0 Å². The van der Waals surface area contributed by atoms with Crippen molar-refractivity contribution in [2.45, 2.75) is 30.0 Å². The van der Waals surface area contributed by atoms with Crippen LogP contribution in [0.5, 0.6) is 0 Å². The van der Waals surface area contributed by atoms with Gasteiger partial charge in [-0.3, -0.25) is 5.32 Å². The molecule has 1 aromatic heterocycles. The number of hydrogen-bond donors (Lipinski definition) is 3. The molecule has 1 saturated carbocycles. The van der Waals surface area contributed by atoms with E-state index in [9.17, 15) is 17.9 Å². The van der Waals surface area contributed by atoms with Crippen LogP contribution in [0.4, 0.5) is 10.1 Å². The number of nitrogens with one attached hydrogen (secondary N) is 2. The molecule has 1 aliphatic carbocycles. The normalized spacial score (nSPS) is 15.2. The third-order valence-electron chi connectivity index (χ3n) is 4.89. The van der Waals surface area contributed by atoms with E-state index in [2.05, 4.69) is 17.6 Å². The average Bonchev–Trinajstić information content (AvgIpc) is 3.45. The number of halogens is 1. The fourth-order valence-electron chi connectivity index (χ4n) is 3.24. The molecule has 1 atom stereocenters. The maximum atomic E-state index is 14.3. The van der Waals surface area contributed by atoms with E-state index in [4.69, 9.17) is 0 Å². The Morgan fingerprint density at radius 1 is 1.17 bits per heavy atom. The first-order chi connectivity index (χ1) is 14.3. The van der Waals surface area contributed by atoms with E-state index in [-0.39, 0.29) is 22.7 Å². The van der Waals surface area contributed by atoms with Crippen LogP contribution >= 0.6 is 0 Å². The van der Waals surface area contributed by atoms with Crippen molar-refractivity contribution in [1.82, 2.24) is 9.29 Å². The van der Waals surface area contributed by atoms with Gasteiger partial charge in [0.25, 0.3) is 10.0 Å². The van der Waals surface area contributed by atoms with Crippen LogP contribution in [-0.4, -0.2) is 36.3 Å². The molecule has 2 aromatic carbocycles. The molecule has 1 heterocycles. The molecule has 4 rings (SSSR count). The molecule has 8 heteroatoms. The predicted molar refractivity (Wildman–Crippen MR) is 114 cm³/mol. The Morgan fingerprint density at radius 2 is 1.93 bits per heavy atom. The van der Waals surface area contributed by atoms with E-state index in [0.717, 1.165) is 16.8 Å². The summed E-state index contributed by atoms with van der Waals surface area (Å²) < 4.78 is 42.0. The van der Waals surface area contributed by atoms with E-state index in [0.29, 0.717) is 17.3 Å². The Balaban J connectivity index is 1.62. The highest BCUT2D eigenvalue weighted by atomic mass is 32.2. The number of aliphatic hydroxyl groups excluding tert-OH is 1. The molecule has 1 fully saturated rings. The molecule has 0 spiro atoms. The second-order valence-electron chi connectivity index (χ2n) is 7.38. The van der Waals surface area contributed by atoms with Crippen molar-refractivity contribution in [1.29, 1.82) is 0 Å². The zero-order valence-electron chi connectivity index (χ0n) is 16.3. The average molecular weight is 429 g/mol. The van der Waals surface area contributed by atoms with E-state index in [1.54, 1.807) is 24.3 Å². The second-order valence-corrected chi connectivity index (χ2v) is 9.19. The van der Waals surface area contributed by atoms with Gasteiger partial charge in [0.1, 0.15) is 12.0 Å². The standard InChI is InChI=1S/C22H23FN3O3S/c1-15-11-21(19-7-2-3-8-20(19)23)26(14-15)30(28,29)18-6-4-5-17(12-18)24-13-22(27)25-16-9-10-16/h2-8,11-12,14,16,22,24-25,27H,1,9-10,13H2. The molecule has 6 nitrogen and oxygen atoms in total. The lowest BCUT2D eigenvalue weighted by Gasteiger charge is -2.15. The molecule has 30 heavy (non-hydrogen) atoms. The number of aliphatic hydroxyl groups is 1. The molecule has 0 bridgehead atoms. The van der Waals surface area contributed by atoms with Gasteiger partial charge in [0.15, 0.2) is 0 Å². The molecule has 0 aliphatic heterocycles. The summed E-state index contributed by atoms with van der Waals surface area (Å²) >= 11 is 0. The summed E-state index contributed by atoms with van der Waals surface area (Å²) in [5.41, 5.74) is 1.41. The molecule has 157 valence electrons. The Kier molecular flexibility index (Phi) is 5.64. The van der Waals surface area contributed by atoms with Crippen LogP contribution < -0.4 is 10.6 Å². The Bertz CT molecular complexity index is 1160.